The molecule has 0 aliphatic rings. The van der Waals surface area contributed by atoms with Gasteiger partial charge in [0.2, 0.25) is 21.8 Å². The van der Waals surface area contributed by atoms with Crippen molar-refractivity contribution in [2.75, 3.05) is 23.7 Å². The van der Waals surface area contributed by atoms with Crippen LogP contribution in [0.15, 0.2) is 72.8 Å². The van der Waals surface area contributed by atoms with Gasteiger partial charge in [0.05, 0.1) is 11.9 Å². The van der Waals surface area contributed by atoms with E-state index in [1.54, 1.807) is 37.3 Å². The van der Waals surface area contributed by atoms with E-state index in [9.17, 15) is 22.4 Å². The highest BCUT2D eigenvalue weighted by Gasteiger charge is 2.33. The minimum absolute atomic E-state index is 0.0239. The van der Waals surface area contributed by atoms with Gasteiger partial charge in [-0.15, -0.1) is 0 Å². The molecule has 0 heterocycles. The molecule has 1 atom stereocenters. The van der Waals surface area contributed by atoms with Crippen molar-refractivity contribution in [2.45, 2.75) is 45.7 Å². The lowest BCUT2D eigenvalue weighted by Crippen LogP contribution is -2.53. The van der Waals surface area contributed by atoms with E-state index >= 15 is 0 Å². The van der Waals surface area contributed by atoms with Gasteiger partial charge in [-0.3, -0.25) is 13.9 Å². The molecule has 3 aromatic carbocycles. The molecule has 7 nitrogen and oxygen atoms in total. The quantitative estimate of drug-likeness (QED) is 0.282. The van der Waals surface area contributed by atoms with E-state index in [4.69, 9.17) is 11.6 Å². The number of carbonyl (C=O) groups is 2. The number of anilines is 1. The zero-order valence-electron chi connectivity index (χ0n) is 22.9. The fourth-order valence-corrected chi connectivity index (χ4v) is 5.38. The Morgan fingerprint density at radius 3 is 2.27 bits per heavy atom. The van der Waals surface area contributed by atoms with Crippen LogP contribution in [-0.4, -0.2) is 50.5 Å². The summed E-state index contributed by atoms with van der Waals surface area (Å²) in [7, 11) is -3.91. The third-order valence-corrected chi connectivity index (χ3v) is 8.09. The van der Waals surface area contributed by atoms with Gasteiger partial charge in [-0.1, -0.05) is 73.5 Å². The molecule has 0 aliphatic carbocycles. The summed E-state index contributed by atoms with van der Waals surface area (Å²) < 4.78 is 40.5. The van der Waals surface area contributed by atoms with E-state index < -0.39 is 34.3 Å². The number of hydrogen-bond acceptors (Lipinski definition) is 4. The second kappa shape index (κ2) is 14.3. The summed E-state index contributed by atoms with van der Waals surface area (Å²) in [6.45, 7) is 3.56. The molecule has 214 valence electrons. The minimum Gasteiger partial charge on any atom is -0.354 e. The Bertz CT molecular complexity index is 1400. The molecule has 3 aromatic rings. The lowest BCUT2D eigenvalue weighted by Gasteiger charge is -2.34. The summed E-state index contributed by atoms with van der Waals surface area (Å²) in [5.41, 5.74) is 2.21. The lowest BCUT2D eigenvalue weighted by molar-refractivity contribution is -0.140. The summed E-state index contributed by atoms with van der Waals surface area (Å²) in [4.78, 5) is 29.0. The van der Waals surface area contributed by atoms with Gasteiger partial charge in [0, 0.05) is 24.5 Å². The van der Waals surface area contributed by atoms with Crippen LogP contribution in [-0.2, 0) is 32.6 Å². The normalized spacial score (nSPS) is 12.0. The fraction of sp³-hybridized carbons (Fsp3) is 0.333. The molecule has 0 spiro atoms. The molecule has 3 rings (SSSR count). The van der Waals surface area contributed by atoms with Gasteiger partial charge in [0.25, 0.3) is 0 Å². The molecule has 0 radical (unpaired) electrons. The summed E-state index contributed by atoms with van der Waals surface area (Å²) in [6, 6.07) is 18.8. The third-order valence-electron chi connectivity index (χ3n) is 6.55. The van der Waals surface area contributed by atoms with Crippen LogP contribution < -0.4 is 9.62 Å². The van der Waals surface area contributed by atoms with E-state index in [2.05, 4.69) is 5.32 Å². The first-order valence-electron chi connectivity index (χ1n) is 13.1. The molecule has 0 aliphatic heterocycles. The number of amides is 2. The molecule has 0 fully saturated rings. The SMILES string of the molecule is CCCCNC(=O)[C@@H](Cc1ccccc1)N(Cc1ccc(F)cc1)C(=O)CN(c1cccc(Cl)c1C)S(C)(=O)=O. The zero-order valence-corrected chi connectivity index (χ0v) is 24.5. The number of rotatable bonds is 13. The molecular weight excluding hydrogens is 553 g/mol. The molecule has 0 aromatic heterocycles. The number of halogens is 2. The van der Waals surface area contributed by atoms with Crippen LogP contribution in [0, 0.1) is 12.7 Å². The molecule has 0 unspecified atom stereocenters. The van der Waals surface area contributed by atoms with Crippen molar-refractivity contribution < 1.29 is 22.4 Å². The van der Waals surface area contributed by atoms with Gasteiger partial charge < -0.3 is 10.2 Å². The first-order valence-corrected chi connectivity index (χ1v) is 15.3. The predicted molar refractivity (Wildman–Crippen MR) is 157 cm³/mol. The summed E-state index contributed by atoms with van der Waals surface area (Å²) in [5.74, 6) is -1.36. The van der Waals surface area contributed by atoms with Gasteiger partial charge in [-0.05, 0) is 54.3 Å². The topological polar surface area (TPSA) is 86.8 Å². The Morgan fingerprint density at radius 2 is 1.65 bits per heavy atom. The van der Waals surface area contributed by atoms with Crippen molar-refractivity contribution >= 4 is 39.1 Å². The maximum atomic E-state index is 14.0. The molecule has 40 heavy (non-hydrogen) atoms. The van der Waals surface area contributed by atoms with Gasteiger partial charge in [-0.2, -0.15) is 0 Å². The van der Waals surface area contributed by atoms with Gasteiger partial charge in [-0.25, -0.2) is 12.8 Å². The van der Waals surface area contributed by atoms with Crippen LogP contribution in [0.4, 0.5) is 10.1 Å². The van der Waals surface area contributed by atoms with Crippen LogP contribution in [0.5, 0.6) is 0 Å². The predicted octanol–water partition coefficient (Wildman–Crippen LogP) is 5.11. The number of nitrogens with zero attached hydrogens (tertiary/aromatic N) is 2. The second-order valence-electron chi connectivity index (χ2n) is 9.65. The highest BCUT2D eigenvalue weighted by molar-refractivity contribution is 7.92. The van der Waals surface area contributed by atoms with Gasteiger partial charge >= 0.3 is 0 Å². The Balaban J connectivity index is 2.05. The van der Waals surface area contributed by atoms with Crippen molar-refractivity contribution in [3.05, 3.63) is 100 Å². The second-order valence-corrected chi connectivity index (χ2v) is 12.0. The van der Waals surface area contributed by atoms with Crippen molar-refractivity contribution in [3.8, 4) is 0 Å². The van der Waals surface area contributed by atoms with E-state index in [1.807, 2.05) is 37.3 Å². The van der Waals surface area contributed by atoms with Crippen LogP contribution in [0.3, 0.4) is 0 Å². The summed E-state index contributed by atoms with van der Waals surface area (Å²) >= 11 is 6.27. The van der Waals surface area contributed by atoms with Crippen LogP contribution in [0.1, 0.15) is 36.5 Å². The Kier molecular flexibility index (Phi) is 11.1. The molecule has 0 saturated heterocycles. The number of unbranched alkanes of at least 4 members (excludes halogenated alkanes) is 1. The molecule has 0 bridgehead atoms. The monoisotopic (exact) mass is 587 g/mol. The fourth-order valence-electron chi connectivity index (χ4n) is 4.31. The smallest absolute Gasteiger partial charge is 0.244 e. The first-order chi connectivity index (χ1) is 19.0. The highest BCUT2D eigenvalue weighted by atomic mass is 35.5. The largest absolute Gasteiger partial charge is 0.354 e. The van der Waals surface area contributed by atoms with E-state index in [1.165, 1.54) is 17.0 Å². The standard InChI is InChI=1S/C30H35ClFN3O4S/c1-4-5-18-33-30(37)28(19-23-10-7-6-8-11-23)34(20-24-14-16-25(32)17-15-24)29(36)21-35(40(3,38)39)27-13-9-12-26(31)22(27)2/h6-17,28H,4-5,18-21H2,1-3H3,(H,33,37)/t28-/m1/s1. The number of nitrogens with one attached hydrogen (secondary N) is 1. The van der Waals surface area contributed by atoms with Crippen molar-refractivity contribution in [3.63, 3.8) is 0 Å². The van der Waals surface area contributed by atoms with Crippen LogP contribution in [0.2, 0.25) is 5.02 Å². The van der Waals surface area contributed by atoms with E-state index in [-0.39, 0.29) is 24.6 Å². The highest BCUT2D eigenvalue weighted by Crippen LogP contribution is 2.28. The van der Waals surface area contributed by atoms with Crippen molar-refractivity contribution in [1.82, 2.24) is 10.2 Å². The van der Waals surface area contributed by atoms with E-state index in [0.717, 1.165) is 29.0 Å². The number of benzene rings is 3. The zero-order chi connectivity index (χ0) is 29.3. The average molecular weight is 588 g/mol. The molecular formula is C30H35ClFN3O4S. The summed E-state index contributed by atoms with van der Waals surface area (Å²) in [5, 5.41) is 3.28. The lowest BCUT2D eigenvalue weighted by atomic mass is 10.0. The molecule has 10 heteroatoms. The number of sulfonamides is 1. The average Bonchev–Trinajstić information content (AvgIpc) is 2.92. The first kappa shape index (κ1) is 31.1. The van der Waals surface area contributed by atoms with Crippen LogP contribution in [0.25, 0.3) is 0 Å². The minimum atomic E-state index is -3.91. The van der Waals surface area contributed by atoms with Gasteiger partial charge in [0.15, 0.2) is 0 Å². The number of hydrogen-bond donors (Lipinski definition) is 1. The van der Waals surface area contributed by atoms with Gasteiger partial charge in [0.1, 0.15) is 18.4 Å². The maximum Gasteiger partial charge on any atom is 0.244 e. The Hall–Kier alpha value is -3.43. The van der Waals surface area contributed by atoms with E-state index in [0.29, 0.717) is 22.7 Å². The maximum absolute atomic E-state index is 14.0. The van der Waals surface area contributed by atoms with Crippen molar-refractivity contribution in [2.24, 2.45) is 0 Å². The number of carbonyl (C=O) groups excluding carboxylic acids is 2. The summed E-state index contributed by atoms with van der Waals surface area (Å²) in [6.07, 6.45) is 2.88. The Morgan fingerprint density at radius 1 is 0.975 bits per heavy atom. The van der Waals surface area contributed by atoms with Crippen LogP contribution >= 0.6 is 11.6 Å². The van der Waals surface area contributed by atoms with Crippen molar-refractivity contribution in [1.29, 1.82) is 0 Å². The molecule has 0 saturated carbocycles. The molecule has 2 amide bonds. The molecule has 1 N–H and O–H groups in total. The Labute approximate surface area is 241 Å². The third kappa shape index (κ3) is 8.53.